The van der Waals surface area contributed by atoms with Gasteiger partial charge in [0.1, 0.15) is 11.6 Å². The minimum absolute atomic E-state index is 0.0792. The molecule has 0 saturated carbocycles. The maximum absolute atomic E-state index is 13.0. The standard InChI is InChI=1S/C21H24N6O5/c1-2-32-20(30)12-3-5-13(6-4-12)23-19(29)14-11-15(28)24-18-16(14)17(22)25-21(26-18)27-7-9-31-10-8-27/h3-6,14H,2,7-11H2,1H3,(H,23,29)(H3,22,24,25,26,28)/t14-/m0/s1. The van der Waals surface area contributed by atoms with Gasteiger partial charge in [0.15, 0.2) is 0 Å². The molecular formula is C21H24N6O5. The number of carbonyl (C=O) groups excluding carboxylic acids is 3. The van der Waals surface area contributed by atoms with Crippen molar-refractivity contribution in [3.05, 3.63) is 35.4 Å². The van der Waals surface area contributed by atoms with E-state index in [0.717, 1.165) is 0 Å². The lowest BCUT2D eigenvalue weighted by molar-refractivity contribution is -0.123. The summed E-state index contributed by atoms with van der Waals surface area (Å²) < 4.78 is 10.3. The van der Waals surface area contributed by atoms with E-state index in [1.807, 2.05) is 4.90 Å². The Morgan fingerprint density at radius 1 is 1.25 bits per heavy atom. The number of benzene rings is 1. The summed E-state index contributed by atoms with van der Waals surface area (Å²) in [6, 6.07) is 6.30. The monoisotopic (exact) mass is 440 g/mol. The average molecular weight is 440 g/mol. The van der Waals surface area contributed by atoms with Crippen molar-refractivity contribution in [3.63, 3.8) is 0 Å². The smallest absolute Gasteiger partial charge is 0.338 e. The van der Waals surface area contributed by atoms with E-state index in [2.05, 4.69) is 20.6 Å². The van der Waals surface area contributed by atoms with E-state index >= 15 is 0 Å². The van der Waals surface area contributed by atoms with E-state index in [1.54, 1.807) is 31.2 Å². The van der Waals surface area contributed by atoms with Crippen molar-refractivity contribution < 1.29 is 23.9 Å². The van der Waals surface area contributed by atoms with Crippen molar-refractivity contribution in [1.82, 2.24) is 9.97 Å². The lowest BCUT2D eigenvalue weighted by atomic mass is 9.92. The average Bonchev–Trinajstić information content (AvgIpc) is 2.79. The number of hydrogen-bond acceptors (Lipinski definition) is 9. The van der Waals surface area contributed by atoms with Gasteiger partial charge in [-0.05, 0) is 31.2 Å². The van der Waals surface area contributed by atoms with Crippen LogP contribution in [0.3, 0.4) is 0 Å². The zero-order valence-corrected chi connectivity index (χ0v) is 17.6. The first-order chi connectivity index (χ1) is 15.5. The van der Waals surface area contributed by atoms with Crippen molar-refractivity contribution in [2.24, 2.45) is 0 Å². The van der Waals surface area contributed by atoms with Crippen molar-refractivity contribution in [3.8, 4) is 0 Å². The fraction of sp³-hybridized carbons (Fsp3) is 0.381. The molecule has 1 aromatic heterocycles. The molecule has 1 aromatic carbocycles. The SMILES string of the molecule is CCOC(=O)c1ccc(NC(=O)[C@H]2CC(=O)Nc3nc(N4CCOCC4)nc(N)c32)cc1. The molecule has 2 amide bonds. The molecule has 4 rings (SSSR count). The van der Waals surface area contributed by atoms with E-state index in [9.17, 15) is 14.4 Å². The fourth-order valence-corrected chi connectivity index (χ4v) is 3.65. The first-order valence-electron chi connectivity index (χ1n) is 10.3. The molecule has 1 saturated heterocycles. The number of nitrogens with two attached hydrogens (primary N) is 1. The molecule has 0 spiro atoms. The topological polar surface area (TPSA) is 149 Å². The van der Waals surface area contributed by atoms with Crippen LogP contribution in [0.5, 0.6) is 0 Å². The Labute approximate surface area is 184 Å². The van der Waals surface area contributed by atoms with Gasteiger partial charge in [-0.3, -0.25) is 9.59 Å². The first kappa shape index (κ1) is 21.5. The third-order valence-corrected chi connectivity index (χ3v) is 5.23. The van der Waals surface area contributed by atoms with E-state index in [1.165, 1.54) is 0 Å². The molecule has 2 aliphatic heterocycles. The maximum Gasteiger partial charge on any atom is 0.338 e. The van der Waals surface area contributed by atoms with E-state index in [-0.39, 0.29) is 30.6 Å². The van der Waals surface area contributed by atoms with Gasteiger partial charge in [0, 0.05) is 25.2 Å². The predicted octanol–water partition coefficient (Wildman–Crippen LogP) is 1.14. The van der Waals surface area contributed by atoms with Gasteiger partial charge in [-0.2, -0.15) is 9.97 Å². The van der Waals surface area contributed by atoms with Gasteiger partial charge in [-0.25, -0.2) is 4.79 Å². The van der Waals surface area contributed by atoms with Crippen LogP contribution < -0.4 is 21.3 Å². The van der Waals surface area contributed by atoms with Crippen LogP contribution in [0.2, 0.25) is 0 Å². The zero-order valence-electron chi connectivity index (χ0n) is 17.6. The Kier molecular flexibility index (Phi) is 6.17. The third-order valence-electron chi connectivity index (χ3n) is 5.23. The number of anilines is 4. The van der Waals surface area contributed by atoms with Gasteiger partial charge in [-0.1, -0.05) is 0 Å². The van der Waals surface area contributed by atoms with E-state index in [0.29, 0.717) is 49.1 Å². The fourth-order valence-electron chi connectivity index (χ4n) is 3.65. The molecule has 1 fully saturated rings. The molecule has 2 aromatic rings. The number of amides is 2. The van der Waals surface area contributed by atoms with Crippen LogP contribution in [0.1, 0.15) is 35.2 Å². The molecule has 2 aliphatic rings. The molecule has 0 aliphatic carbocycles. The Hall–Kier alpha value is -3.73. The molecule has 4 N–H and O–H groups in total. The number of hydrogen-bond donors (Lipinski definition) is 3. The number of rotatable bonds is 5. The van der Waals surface area contributed by atoms with Gasteiger partial charge in [-0.15, -0.1) is 0 Å². The molecule has 0 bridgehead atoms. The Morgan fingerprint density at radius 2 is 1.97 bits per heavy atom. The quantitative estimate of drug-likeness (QED) is 0.582. The maximum atomic E-state index is 13.0. The number of ether oxygens (including phenoxy) is 2. The molecule has 11 heteroatoms. The van der Waals surface area contributed by atoms with Crippen molar-refractivity contribution in [1.29, 1.82) is 0 Å². The highest BCUT2D eigenvalue weighted by Gasteiger charge is 2.35. The number of esters is 1. The number of nitrogen functional groups attached to an aromatic ring is 1. The second-order valence-corrected chi connectivity index (χ2v) is 7.36. The summed E-state index contributed by atoms with van der Waals surface area (Å²) in [5.41, 5.74) is 7.44. The minimum Gasteiger partial charge on any atom is -0.462 e. The summed E-state index contributed by atoms with van der Waals surface area (Å²) in [6.45, 7) is 4.32. The molecule has 168 valence electrons. The van der Waals surface area contributed by atoms with E-state index < -0.39 is 17.8 Å². The number of nitrogens with zero attached hydrogens (tertiary/aromatic N) is 3. The highest BCUT2D eigenvalue weighted by atomic mass is 16.5. The van der Waals surface area contributed by atoms with Crippen LogP contribution in [0.4, 0.5) is 23.3 Å². The summed E-state index contributed by atoms with van der Waals surface area (Å²) >= 11 is 0. The predicted molar refractivity (Wildman–Crippen MR) is 116 cm³/mol. The molecule has 32 heavy (non-hydrogen) atoms. The van der Waals surface area contributed by atoms with Gasteiger partial charge in [0.25, 0.3) is 0 Å². The highest BCUT2D eigenvalue weighted by Crippen LogP contribution is 2.36. The summed E-state index contributed by atoms with van der Waals surface area (Å²) in [5, 5.41) is 5.47. The van der Waals surface area contributed by atoms with E-state index in [4.69, 9.17) is 15.2 Å². The summed E-state index contributed by atoms with van der Waals surface area (Å²) in [7, 11) is 0. The minimum atomic E-state index is -0.845. The molecular weight excluding hydrogens is 416 g/mol. The molecule has 1 atom stereocenters. The summed E-state index contributed by atoms with van der Waals surface area (Å²) in [6.07, 6.45) is -0.0792. The van der Waals surface area contributed by atoms with Crippen molar-refractivity contribution in [2.45, 2.75) is 19.3 Å². The summed E-state index contributed by atoms with van der Waals surface area (Å²) in [5.74, 6) is -1.25. The largest absolute Gasteiger partial charge is 0.462 e. The number of fused-ring (bicyclic) bond motifs is 1. The molecule has 0 radical (unpaired) electrons. The third kappa shape index (κ3) is 4.47. The summed E-state index contributed by atoms with van der Waals surface area (Å²) in [4.78, 5) is 47.8. The van der Waals surface area contributed by atoms with Crippen molar-refractivity contribution in [2.75, 3.05) is 54.2 Å². The van der Waals surface area contributed by atoms with Gasteiger partial charge >= 0.3 is 5.97 Å². The van der Waals surface area contributed by atoms with Gasteiger partial charge in [0.2, 0.25) is 17.8 Å². The van der Waals surface area contributed by atoms with Crippen LogP contribution >= 0.6 is 0 Å². The second-order valence-electron chi connectivity index (χ2n) is 7.36. The number of nitrogens with one attached hydrogen (secondary N) is 2. The van der Waals surface area contributed by atoms with Crippen LogP contribution in [-0.2, 0) is 19.1 Å². The molecule has 0 unspecified atom stereocenters. The second kappa shape index (κ2) is 9.18. The molecule has 3 heterocycles. The van der Waals surface area contributed by atoms with Crippen LogP contribution in [-0.4, -0.2) is 60.7 Å². The normalized spacial score (nSPS) is 17.8. The number of aromatic nitrogens is 2. The van der Waals surface area contributed by atoms with Crippen molar-refractivity contribution >= 4 is 41.1 Å². The van der Waals surface area contributed by atoms with Gasteiger partial charge < -0.3 is 30.7 Å². The highest BCUT2D eigenvalue weighted by molar-refractivity contribution is 6.05. The first-order valence-corrected chi connectivity index (χ1v) is 10.3. The Balaban J connectivity index is 1.55. The van der Waals surface area contributed by atoms with Crippen LogP contribution in [0.25, 0.3) is 0 Å². The number of carbonyl (C=O) groups is 3. The molecule has 11 nitrogen and oxygen atoms in total. The lowest BCUT2D eigenvalue weighted by Crippen LogP contribution is -2.38. The Bertz CT molecular complexity index is 1040. The Morgan fingerprint density at radius 3 is 2.66 bits per heavy atom. The van der Waals surface area contributed by atoms with Crippen LogP contribution in [0, 0.1) is 0 Å². The van der Waals surface area contributed by atoms with Gasteiger partial charge in [0.05, 0.1) is 36.9 Å². The zero-order chi connectivity index (χ0) is 22.7. The lowest BCUT2D eigenvalue weighted by Gasteiger charge is -2.30. The number of morpholine rings is 1. The van der Waals surface area contributed by atoms with Crippen LogP contribution in [0.15, 0.2) is 24.3 Å².